The van der Waals surface area contributed by atoms with Crippen LogP contribution in [-0.2, 0) is 12.4 Å². The Kier molecular flexibility index (Phi) is 6.21. The molecule has 0 aliphatic heterocycles. The largest absolute Gasteiger partial charge is 0.508 e. The highest BCUT2D eigenvalue weighted by molar-refractivity contribution is 5.61. The SMILES string of the molecule is O/C(=C\C(O)C(F)(C(F)(F)F)C(F)(F)F)c1cc(C(F)(F)F)cc(C(F)(F)F)c1. The maximum absolute atomic E-state index is 13.6. The van der Waals surface area contributed by atoms with Crippen molar-refractivity contribution in [3.05, 3.63) is 41.0 Å². The molecule has 1 aromatic carbocycles. The summed E-state index contributed by atoms with van der Waals surface area (Å²) in [4.78, 5) is 0. The molecule has 0 fully saturated rings. The Bertz CT molecular complexity index is 721. The van der Waals surface area contributed by atoms with Crippen molar-refractivity contribution in [2.45, 2.75) is 36.5 Å². The van der Waals surface area contributed by atoms with E-state index in [4.69, 9.17) is 5.11 Å². The van der Waals surface area contributed by atoms with E-state index < -0.39 is 71.1 Å². The summed E-state index contributed by atoms with van der Waals surface area (Å²) in [5.41, 5.74) is -12.1. The number of hydrogen-bond donors (Lipinski definition) is 2. The summed E-state index contributed by atoms with van der Waals surface area (Å²) < 4.78 is 165. The standard InChI is InChI=1S/C14H7F13O2/c15-10(13(22,23)24,14(25,26)27)9(29)4-8(28)5-1-6(11(16,17)18)3-7(2-5)12(19,20)21/h1-4,9,28-29H/b8-4-. The molecule has 1 rings (SSSR count). The van der Waals surface area contributed by atoms with Crippen molar-refractivity contribution in [2.24, 2.45) is 0 Å². The maximum atomic E-state index is 13.6. The summed E-state index contributed by atoms with van der Waals surface area (Å²) in [6, 6.07) is -0.956. The van der Waals surface area contributed by atoms with E-state index in [1.54, 1.807) is 0 Å². The van der Waals surface area contributed by atoms with E-state index in [1.165, 1.54) is 0 Å². The van der Waals surface area contributed by atoms with Crippen LogP contribution in [0.3, 0.4) is 0 Å². The summed E-state index contributed by atoms with van der Waals surface area (Å²) in [5.74, 6) is -2.09. The lowest BCUT2D eigenvalue weighted by atomic mass is 9.95. The second kappa shape index (κ2) is 7.25. The number of hydrogen-bond acceptors (Lipinski definition) is 2. The van der Waals surface area contributed by atoms with Gasteiger partial charge in [-0.1, -0.05) is 0 Å². The number of halogens is 13. The van der Waals surface area contributed by atoms with Crippen LogP contribution in [0.1, 0.15) is 16.7 Å². The topological polar surface area (TPSA) is 40.5 Å². The molecular formula is C14H7F13O2. The van der Waals surface area contributed by atoms with Gasteiger partial charge in [-0.05, 0) is 24.3 Å². The molecule has 166 valence electrons. The van der Waals surface area contributed by atoms with E-state index in [9.17, 15) is 62.2 Å². The van der Waals surface area contributed by atoms with E-state index >= 15 is 0 Å². The lowest BCUT2D eigenvalue weighted by Gasteiger charge is -2.32. The molecule has 15 heteroatoms. The number of aliphatic hydroxyl groups excluding tert-OH is 2. The molecule has 1 unspecified atom stereocenters. The van der Waals surface area contributed by atoms with Crippen LogP contribution in [-0.4, -0.2) is 34.3 Å². The minimum Gasteiger partial charge on any atom is -0.508 e. The third kappa shape index (κ3) is 5.05. The van der Waals surface area contributed by atoms with Crippen LogP contribution in [0, 0.1) is 0 Å². The van der Waals surface area contributed by atoms with Gasteiger partial charge >= 0.3 is 30.4 Å². The number of rotatable bonds is 3. The van der Waals surface area contributed by atoms with Crippen LogP contribution in [0.15, 0.2) is 24.3 Å². The molecule has 0 heterocycles. The van der Waals surface area contributed by atoms with E-state index in [0.717, 1.165) is 0 Å². The Hall–Kier alpha value is -2.19. The van der Waals surface area contributed by atoms with Gasteiger partial charge in [0.05, 0.1) is 11.1 Å². The van der Waals surface area contributed by atoms with Gasteiger partial charge in [-0.25, -0.2) is 4.39 Å². The van der Waals surface area contributed by atoms with Gasteiger partial charge in [0.15, 0.2) is 0 Å². The predicted octanol–water partition coefficient (Wildman–Crippen LogP) is 5.82. The molecule has 2 nitrogen and oxygen atoms in total. The van der Waals surface area contributed by atoms with Gasteiger partial charge in [0, 0.05) is 5.56 Å². The average Bonchev–Trinajstić information content (AvgIpc) is 2.49. The fourth-order valence-corrected chi connectivity index (χ4v) is 1.96. The normalized spacial score (nSPS) is 16.1. The van der Waals surface area contributed by atoms with E-state index in [2.05, 4.69) is 0 Å². The Labute approximate surface area is 151 Å². The molecule has 29 heavy (non-hydrogen) atoms. The Morgan fingerprint density at radius 3 is 1.31 bits per heavy atom. The molecule has 1 aromatic rings. The van der Waals surface area contributed by atoms with Crippen molar-refractivity contribution in [1.82, 2.24) is 0 Å². The summed E-state index contributed by atoms with van der Waals surface area (Å²) in [5, 5.41) is 18.5. The lowest BCUT2D eigenvalue weighted by Crippen LogP contribution is -2.60. The molecular weight excluding hydrogens is 447 g/mol. The van der Waals surface area contributed by atoms with Crippen molar-refractivity contribution < 1.29 is 67.3 Å². The Morgan fingerprint density at radius 2 is 1.03 bits per heavy atom. The molecule has 0 saturated carbocycles. The molecule has 0 spiro atoms. The minimum absolute atomic E-state index is 0.255. The third-order valence-electron chi connectivity index (χ3n) is 3.43. The fraction of sp³-hybridized carbons (Fsp3) is 0.429. The van der Waals surface area contributed by atoms with Gasteiger partial charge in [-0.15, -0.1) is 0 Å². The molecule has 0 radical (unpaired) electrons. The zero-order valence-corrected chi connectivity index (χ0v) is 13.2. The molecule has 0 aromatic heterocycles. The van der Waals surface area contributed by atoms with Crippen LogP contribution >= 0.6 is 0 Å². The first-order chi connectivity index (χ1) is 12.6. The van der Waals surface area contributed by atoms with Crippen molar-refractivity contribution in [2.75, 3.05) is 0 Å². The van der Waals surface area contributed by atoms with Gasteiger partial charge < -0.3 is 10.2 Å². The lowest BCUT2D eigenvalue weighted by molar-refractivity contribution is -0.359. The number of aliphatic hydroxyl groups is 2. The zero-order chi connectivity index (χ0) is 23.2. The second-order valence-corrected chi connectivity index (χ2v) is 5.50. The first-order valence-electron chi connectivity index (χ1n) is 6.83. The second-order valence-electron chi connectivity index (χ2n) is 5.50. The summed E-state index contributed by atoms with van der Waals surface area (Å²) in [6.45, 7) is 0. The fourth-order valence-electron chi connectivity index (χ4n) is 1.96. The Morgan fingerprint density at radius 1 is 0.690 bits per heavy atom. The predicted molar refractivity (Wildman–Crippen MR) is 69.0 cm³/mol. The van der Waals surface area contributed by atoms with Crippen LogP contribution < -0.4 is 0 Å². The Balaban J connectivity index is 3.60. The number of benzene rings is 1. The summed E-state index contributed by atoms with van der Waals surface area (Å²) in [6.07, 6.45) is -29.7. The number of alkyl halides is 13. The molecule has 0 aliphatic carbocycles. The van der Waals surface area contributed by atoms with Crippen molar-refractivity contribution in [3.8, 4) is 0 Å². The molecule has 0 saturated heterocycles. The highest BCUT2D eigenvalue weighted by Crippen LogP contribution is 2.49. The van der Waals surface area contributed by atoms with Gasteiger partial charge in [-0.2, -0.15) is 52.7 Å². The van der Waals surface area contributed by atoms with Crippen molar-refractivity contribution >= 4 is 5.76 Å². The van der Waals surface area contributed by atoms with Gasteiger partial charge in [0.2, 0.25) is 0 Å². The van der Waals surface area contributed by atoms with Crippen LogP contribution in [0.25, 0.3) is 5.76 Å². The molecule has 0 amide bonds. The quantitative estimate of drug-likeness (QED) is 0.447. The first-order valence-corrected chi connectivity index (χ1v) is 6.83. The van der Waals surface area contributed by atoms with Crippen molar-refractivity contribution in [3.63, 3.8) is 0 Å². The molecule has 0 bridgehead atoms. The van der Waals surface area contributed by atoms with E-state index in [-0.39, 0.29) is 12.1 Å². The first kappa shape index (κ1) is 24.8. The summed E-state index contributed by atoms with van der Waals surface area (Å²) >= 11 is 0. The van der Waals surface area contributed by atoms with Crippen LogP contribution in [0.4, 0.5) is 57.1 Å². The highest BCUT2D eigenvalue weighted by atomic mass is 19.4. The van der Waals surface area contributed by atoms with Crippen LogP contribution in [0.2, 0.25) is 0 Å². The van der Waals surface area contributed by atoms with Gasteiger partial charge in [0.1, 0.15) is 11.9 Å². The minimum atomic E-state index is -6.80. The van der Waals surface area contributed by atoms with Gasteiger partial charge in [-0.3, -0.25) is 0 Å². The maximum Gasteiger partial charge on any atom is 0.434 e. The zero-order valence-electron chi connectivity index (χ0n) is 13.2. The molecule has 1 atom stereocenters. The van der Waals surface area contributed by atoms with Crippen LogP contribution in [0.5, 0.6) is 0 Å². The smallest absolute Gasteiger partial charge is 0.434 e. The molecule has 2 N–H and O–H groups in total. The highest BCUT2D eigenvalue weighted by Gasteiger charge is 2.75. The van der Waals surface area contributed by atoms with E-state index in [0.29, 0.717) is 0 Å². The molecule has 0 aliphatic rings. The third-order valence-corrected chi connectivity index (χ3v) is 3.43. The van der Waals surface area contributed by atoms with E-state index in [1.807, 2.05) is 0 Å². The van der Waals surface area contributed by atoms with Crippen molar-refractivity contribution in [1.29, 1.82) is 0 Å². The summed E-state index contributed by atoms with van der Waals surface area (Å²) in [7, 11) is 0. The monoisotopic (exact) mass is 454 g/mol. The average molecular weight is 454 g/mol. The van der Waals surface area contributed by atoms with Gasteiger partial charge in [0.25, 0.3) is 0 Å².